The zero-order valence-corrected chi connectivity index (χ0v) is 18.5. The zero-order valence-electron chi connectivity index (χ0n) is 17.0. The molecule has 5 rings (SSSR count). The molecule has 0 saturated heterocycles. The number of Topliss-reactive ketones (excluding diaryl/α,β-unsaturated/α-hetero) is 1. The molecule has 1 N–H and O–H groups in total. The van der Waals surface area contributed by atoms with Crippen LogP contribution in [0.3, 0.4) is 0 Å². The molecule has 8 heteroatoms. The van der Waals surface area contributed by atoms with Gasteiger partial charge in [0.1, 0.15) is 10.8 Å². The zero-order chi connectivity index (χ0) is 21.9. The van der Waals surface area contributed by atoms with Gasteiger partial charge in [-0.05, 0) is 35.4 Å². The molecular weight excluding hydrogens is 442 g/mol. The summed E-state index contributed by atoms with van der Waals surface area (Å²) in [5.74, 6) is 0.121. The van der Waals surface area contributed by atoms with Gasteiger partial charge in [0.2, 0.25) is 5.13 Å². The van der Waals surface area contributed by atoms with Gasteiger partial charge in [0.05, 0.1) is 17.3 Å². The van der Waals surface area contributed by atoms with Gasteiger partial charge in [0, 0.05) is 42.1 Å². The third-order valence-corrected chi connectivity index (χ3v) is 6.39. The van der Waals surface area contributed by atoms with Crippen LogP contribution in [-0.2, 0) is 24.2 Å². The number of benzene rings is 2. The first kappa shape index (κ1) is 20.5. The molecule has 6 nitrogen and oxygen atoms in total. The second kappa shape index (κ2) is 8.98. The van der Waals surface area contributed by atoms with Crippen LogP contribution in [0.25, 0.3) is 10.6 Å². The number of carbonyl (C=O) groups is 1. The molecule has 1 aliphatic heterocycles. The molecule has 32 heavy (non-hydrogen) atoms. The predicted octanol–water partition coefficient (Wildman–Crippen LogP) is 5.28. The van der Waals surface area contributed by atoms with Gasteiger partial charge in [-0.2, -0.15) is 0 Å². The van der Waals surface area contributed by atoms with Gasteiger partial charge in [-0.1, -0.05) is 53.3 Å². The normalized spacial score (nSPS) is 12.0. The van der Waals surface area contributed by atoms with Crippen molar-refractivity contribution in [2.24, 2.45) is 4.99 Å². The van der Waals surface area contributed by atoms with E-state index in [0.717, 1.165) is 38.6 Å². The summed E-state index contributed by atoms with van der Waals surface area (Å²) in [5.41, 5.74) is 5.48. The lowest BCUT2D eigenvalue weighted by atomic mass is 10.0. The van der Waals surface area contributed by atoms with Crippen LogP contribution in [0.1, 0.15) is 22.4 Å². The van der Waals surface area contributed by atoms with E-state index in [1.807, 2.05) is 54.6 Å². The summed E-state index contributed by atoms with van der Waals surface area (Å²) in [4.78, 5) is 20.9. The van der Waals surface area contributed by atoms with Crippen LogP contribution in [0.2, 0.25) is 5.02 Å². The molecule has 2 aromatic heterocycles. The van der Waals surface area contributed by atoms with E-state index in [2.05, 4.69) is 25.5 Å². The molecule has 0 spiro atoms. The molecule has 4 aromatic rings. The van der Waals surface area contributed by atoms with E-state index in [-0.39, 0.29) is 5.78 Å². The number of aromatic nitrogens is 3. The maximum atomic E-state index is 12.5. The van der Waals surface area contributed by atoms with Gasteiger partial charge >= 0.3 is 0 Å². The Hall–Kier alpha value is -3.42. The number of halogens is 1. The van der Waals surface area contributed by atoms with Crippen LogP contribution in [0.15, 0.2) is 65.8 Å². The van der Waals surface area contributed by atoms with E-state index in [1.54, 1.807) is 12.4 Å². The minimum absolute atomic E-state index is 0.121. The van der Waals surface area contributed by atoms with Crippen LogP contribution in [0.4, 0.5) is 10.8 Å². The van der Waals surface area contributed by atoms with Crippen LogP contribution >= 0.6 is 22.9 Å². The molecule has 3 heterocycles. The van der Waals surface area contributed by atoms with E-state index < -0.39 is 0 Å². The van der Waals surface area contributed by atoms with Crippen molar-refractivity contribution in [2.45, 2.75) is 19.4 Å². The van der Waals surface area contributed by atoms with Gasteiger partial charge < -0.3 is 5.32 Å². The first-order valence-electron chi connectivity index (χ1n) is 10.1. The Labute approximate surface area is 194 Å². The fourth-order valence-electron chi connectivity index (χ4n) is 3.56. The molecule has 2 aromatic carbocycles. The summed E-state index contributed by atoms with van der Waals surface area (Å²) in [6, 6.07) is 17.4. The summed E-state index contributed by atoms with van der Waals surface area (Å²) in [5, 5.41) is 13.9. The first-order chi connectivity index (χ1) is 15.7. The lowest BCUT2D eigenvalue weighted by Gasteiger charge is -2.08. The lowest BCUT2D eigenvalue weighted by Crippen LogP contribution is -2.07. The van der Waals surface area contributed by atoms with Gasteiger partial charge in [-0.15, -0.1) is 10.2 Å². The fraction of sp³-hybridized carbons (Fsp3) is 0.125. The molecule has 0 fully saturated rings. The lowest BCUT2D eigenvalue weighted by molar-refractivity contribution is -0.117. The second-order valence-electron chi connectivity index (χ2n) is 7.42. The molecule has 0 amide bonds. The van der Waals surface area contributed by atoms with Crippen molar-refractivity contribution in [1.29, 1.82) is 0 Å². The predicted molar refractivity (Wildman–Crippen MR) is 128 cm³/mol. The highest BCUT2D eigenvalue weighted by atomic mass is 35.5. The van der Waals surface area contributed by atoms with E-state index in [4.69, 9.17) is 11.6 Å². The van der Waals surface area contributed by atoms with Crippen molar-refractivity contribution in [2.75, 3.05) is 5.32 Å². The van der Waals surface area contributed by atoms with Crippen LogP contribution in [-0.4, -0.2) is 27.2 Å². The molecule has 0 atom stereocenters. The van der Waals surface area contributed by atoms with E-state index >= 15 is 0 Å². The Morgan fingerprint density at radius 2 is 2.00 bits per heavy atom. The van der Waals surface area contributed by atoms with Crippen molar-refractivity contribution in [3.8, 4) is 10.6 Å². The molecule has 158 valence electrons. The highest BCUT2D eigenvalue weighted by molar-refractivity contribution is 7.18. The van der Waals surface area contributed by atoms with Crippen molar-refractivity contribution < 1.29 is 4.79 Å². The van der Waals surface area contributed by atoms with Gasteiger partial charge in [-0.25, -0.2) is 0 Å². The standard InChI is InChI=1S/C24H18ClN5OS/c25-22-20-14-26-13-17(20)7-8-21(22)28-24-30-29-23(32-24)16-5-3-4-15(10-16)11-19(31)12-18-6-1-2-9-27-18/h1-10,14H,11-13H2,(H,28,30). The smallest absolute Gasteiger partial charge is 0.210 e. The van der Waals surface area contributed by atoms with E-state index in [9.17, 15) is 4.79 Å². The Morgan fingerprint density at radius 1 is 1.06 bits per heavy atom. The number of nitrogens with one attached hydrogen (secondary N) is 1. The summed E-state index contributed by atoms with van der Waals surface area (Å²) < 4.78 is 0. The third-order valence-electron chi connectivity index (χ3n) is 5.10. The molecule has 1 aliphatic rings. The Bertz CT molecular complexity index is 1320. The minimum atomic E-state index is 0.121. The number of fused-ring (bicyclic) bond motifs is 1. The number of hydrogen-bond acceptors (Lipinski definition) is 7. The molecule has 0 radical (unpaired) electrons. The average Bonchev–Trinajstić information content (AvgIpc) is 3.47. The summed E-state index contributed by atoms with van der Waals surface area (Å²) in [7, 11) is 0. The van der Waals surface area contributed by atoms with E-state index in [0.29, 0.717) is 29.5 Å². The van der Waals surface area contributed by atoms with Gasteiger partial charge in [0.15, 0.2) is 0 Å². The molecule has 0 saturated carbocycles. The quantitative estimate of drug-likeness (QED) is 0.406. The minimum Gasteiger partial charge on any atom is -0.329 e. The summed E-state index contributed by atoms with van der Waals surface area (Å²) in [6.07, 6.45) is 4.17. The SMILES string of the molecule is O=C(Cc1cccc(-c2nnc(Nc3ccc4c(c3Cl)C=NC4)s2)c1)Cc1ccccn1. The monoisotopic (exact) mass is 459 g/mol. The van der Waals surface area contributed by atoms with Crippen molar-refractivity contribution in [3.05, 3.63) is 88.2 Å². The van der Waals surface area contributed by atoms with Crippen molar-refractivity contribution in [3.63, 3.8) is 0 Å². The molecular formula is C24H18ClN5OS. The third kappa shape index (κ3) is 4.44. The second-order valence-corrected chi connectivity index (χ2v) is 8.78. The maximum absolute atomic E-state index is 12.5. The van der Waals surface area contributed by atoms with Crippen molar-refractivity contribution >= 4 is 45.8 Å². The number of nitrogens with zero attached hydrogens (tertiary/aromatic N) is 4. The first-order valence-corrected chi connectivity index (χ1v) is 11.3. The van der Waals surface area contributed by atoms with Crippen LogP contribution in [0, 0.1) is 0 Å². The summed E-state index contributed by atoms with van der Waals surface area (Å²) >= 11 is 7.95. The number of aliphatic imine (C=N–C) groups is 1. The van der Waals surface area contributed by atoms with E-state index in [1.165, 1.54) is 11.3 Å². The number of rotatable bonds is 7. The number of carbonyl (C=O) groups excluding carboxylic acids is 1. The Morgan fingerprint density at radius 3 is 2.88 bits per heavy atom. The van der Waals surface area contributed by atoms with Gasteiger partial charge in [0.25, 0.3) is 0 Å². The highest BCUT2D eigenvalue weighted by Crippen LogP contribution is 2.34. The van der Waals surface area contributed by atoms with Gasteiger partial charge in [-0.3, -0.25) is 14.8 Å². The molecule has 0 bridgehead atoms. The number of anilines is 2. The number of ketones is 1. The number of pyridine rings is 1. The fourth-order valence-corrected chi connectivity index (χ4v) is 4.59. The highest BCUT2D eigenvalue weighted by Gasteiger charge is 2.15. The van der Waals surface area contributed by atoms with Crippen LogP contribution < -0.4 is 5.32 Å². The molecule has 0 unspecified atom stereocenters. The Balaban J connectivity index is 1.29. The van der Waals surface area contributed by atoms with Crippen LogP contribution in [0.5, 0.6) is 0 Å². The largest absolute Gasteiger partial charge is 0.329 e. The van der Waals surface area contributed by atoms with Crippen molar-refractivity contribution in [1.82, 2.24) is 15.2 Å². The maximum Gasteiger partial charge on any atom is 0.210 e. The summed E-state index contributed by atoms with van der Waals surface area (Å²) in [6.45, 7) is 0.666. The average molecular weight is 460 g/mol. The molecule has 0 aliphatic carbocycles. The Kier molecular flexibility index (Phi) is 5.75. The number of hydrogen-bond donors (Lipinski definition) is 1. The topological polar surface area (TPSA) is 80.1 Å².